The zero-order valence-electron chi connectivity index (χ0n) is 12.2. The molecule has 0 aromatic carbocycles. The molecule has 1 saturated heterocycles. The zero-order chi connectivity index (χ0) is 14.5. The van der Waals surface area contributed by atoms with Crippen LogP contribution >= 0.6 is 11.5 Å². The van der Waals surface area contributed by atoms with Gasteiger partial charge in [-0.05, 0) is 24.7 Å². The van der Waals surface area contributed by atoms with Crippen molar-refractivity contribution < 1.29 is 9.90 Å². The van der Waals surface area contributed by atoms with E-state index in [-0.39, 0.29) is 11.3 Å². The Balaban J connectivity index is 1.89. The molecule has 3 unspecified atom stereocenters. The van der Waals surface area contributed by atoms with Gasteiger partial charge in [0.05, 0.1) is 0 Å². The van der Waals surface area contributed by atoms with Gasteiger partial charge >= 0.3 is 5.97 Å². The molecule has 0 amide bonds. The molecule has 20 heavy (non-hydrogen) atoms. The van der Waals surface area contributed by atoms with Gasteiger partial charge < -0.3 is 10.0 Å². The summed E-state index contributed by atoms with van der Waals surface area (Å²) in [5.74, 6) is 0.887. The number of nitrogens with zero attached hydrogens (tertiary/aromatic N) is 3. The van der Waals surface area contributed by atoms with Crippen LogP contribution in [0.25, 0.3) is 0 Å². The molecule has 1 aromatic rings. The summed E-state index contributed by atoms with van der Waals surface area (Å²) < 4.78 is 4.42. The molecule has 3 atom stereocenters. The largest absolute Gasteiger partial charge is 0.480 e. The lowest BCUT2D eigenvalue weighted by Gasteiger charge is -2.23. The molecular formula is C14H21N3O2S. The van der Waals surface area contributed by atoms with Gasteiger partial charge in [-0.1, -0.05) is 27.2 Å². The lowest BCUT2D eigenvalue weighted by Crippen LogP contribution is -2.39. The van der Waals surface area contributed by atoms with Gasteiger partial charge in [0, 0.05) is 23.5 Å². The molecule has 110 valence electrons. The molecule has 0 spiro atoms. The Morgan fingerprint density at radius 1 is 1.40 bits per heavy atom. The van der Waals surface area contributed by atoms with Gasteiger partial charge in [0.25, 0.3) is 0 Å². The van der Waals surface area contributed by atoms with E-state index in [9.17, 15) is 9.90 Å². The number of aromatic nitrogens is 2. The van der Waals surface area contributed by atoms with Gasteiger partial charge in [-0.15, -0.1) is 0 Å². The first-order valence-electron chi connectivity index (χ1n) is 7.21. The van der Waals surface area contributed by atoms with Crippen LogP contribution in [-0.2, 0) is 10.2 Å². The first-order valence-corrected chi connectivity index (χ1v) is 7.99. The highest BCUT2D eigenvalue weighted by molar-refractivity contribution is 7.09. The lowest BCUT2D eigenvalue weighted by molar-refractivity contribution is -0.139. The number of aliphatic carboxylic acids is 1. The Morgan fingerprint density at radius 2 is 2.15 bits per heavy atom. The van der Waals surface area contributed by atoms with Crippen molar-refractivity contribution in [2.75, 3.05) is 11.4 Å². The standard InChI is InChI=1S/C14H21N3O2S/c1-14(2,3)12-15-13(20-16-12)17-7-8-5-4-6-9(8)10(17)11(18)19/h8-10H,4-7H2,1-3H3,(H,18,19). The maximum Gasteiger partial charge on any atom is 0.326 e. The minimum atomic E-state index is -0.716. The molecule has 0 radical (unpaired) electrons. The second-order valence-electron chi connectivity index (χ2n) is 6.94. The third-order valence-electron chi connectivity index (χ3n) is 4.48. The summed E-state index contributed by atoms with van der Waals surface area (Å²) in [5.41, 5.74) is -0.0942. The van der Waals surface area contributed by atoms with Gasteiger partial charge in [0.2, 0.25) is 5.13 Å². The fraction of sp³-hybridized carbons (Fsp3) is 0.786. The highest BCUT2D eigenvalue weighted by Gasteiger charge is 2.48. The zero-order valence-corrected chi connectivity index (χ0v) is 13.0. The van der Waals surface area contributed by atoms with Crippen molar-refractivity contribution in [3.05, 3.63) is 5.82 Å². The second kappa shape index (κ2) is 4.69. The van der Waals surface area contributed by atoms with Crippen LogP contribution in [-0.4, -0.2) is 33.0 Å². The highest BCUT2D eigenvalue weighted by Crippen LogP contribution is 2.44. The fourth-order valence-corrected chi connectivity index (χ4v) is 4.36. The van der Waals surface area contributed by atoms with Gasteiger partial charge in [-0.2, -0.15) is 4.37 Å². The van der Waals surface area contributed by atoms with Gasteiger partial charge in [-0.3, -0.25) is 0 Å². The topological polar surface area (TPSA) is 66.3 Å². The monoisotopic (exact) mass is 295 g/mol. The minimum absolute atomic E-state index is 0.0942. The molecule has 2 aliphatic rings. The van der Waals surface area contributed by atoms with Crippen LogP contribution in [0.4, 0.5) is 5.13 Å². The van der Waals surface area contributed by atoms with Gasteiger partial charge in [0.1, 0.15) is 11.9 Å². The first-order chi connectivity index (χ1) is 9.38. The molecular weight excluding hydrogens is 274 g/mol. The average molecular weight is 295 g/mol. The molecule has 1 aromatic heterocycles. The average Bonchev–Trinajstić information content (AvgIpc) is 3.01. The van der Waals surface area contributed by atoms with Gasteiger partial charge in [0.15, 0.2) is 0 Å². The molecule has 1 aliphatic heterocycles. The van der Waals surface area contributed by atoms with Crippen LogP contribution in [0.15, 0.2) is 0 Å². The number of hydrogen-bond donors (Lipinski definition) is 1. The van der Waals surface area contributed by atoms with E-state index in [0.717, 1.165) is 36.8 Å². The Bertz CT molecular complexity index is 523. The Hall–Kier alpha value is -1.17. The SMILES string of the molecule is CC(C)(C)c1nsc(N2CC3CCCC3C2C(=O)O)n1. The fourth-order valence-electron chi connectivity index (χ4n) is 3.46. The normalized spacial score (nSPS) is 29.8. The number of rotatable bonds is 2. The summed E-state index contributed by atoms with van der Waals surface area (Å²) in [7, 11) is 0. The predicted octanol–water partition coefficient (Wildman–Crippen LogP) is 2.53. The number of hydrogen-bond acceptors (Lipinski definition) is 5. The summed E-state index contributed by atoms with van der Waals surface area (Å²) in [4.78, 5) is 18.2. The van der Waals surface area contributed by atoms with Crippen LogP contribution in [0.2, 0.25) is 0 Å². The van der Waals surface area contributed by atoms with Crippen LogP contribution < -0.4 is 4.90 Å². The molecule has 1 N–H and O–H groups in total. The summed E-state index contributed by atoms with van der Waals surface area (Å²) >= 11 is 1.33. The third kappa shape index (κ3) is 2.20. The predicted molar refractivity (Wildman–Crippen MR) is 78.2 cm³/mol. The van der Waals surface area contributed by atoms with E-state index < -0.39 is 12.0 Å². The molecule has 0 bridgehead atoms. The van der Waals surface area contributed by atoms with Crippen LogP contribution in [0, 0.1) is 11.8 Å². The summed E-state index contributed by atoms with van der Waals surface area (Å²) in [6, 6.07) is -0.414. The Labute approximate surface area is 123 Å². The molecule has 1 saturated carbocycles. The maximum absolute atomic E-state index is 11.6. The van der Waals surface area contributed by atoms with E-state index in [1.54, 1.807) is 0 Å². The van der Waals surface area contributed by atoms with Gasteiger partial charge in [-0.25, -0.2) is 9.78 Å². The van der Waals surface area contributed by atoms with E-state index >= 15 is 0 Å². The summed E-state index contributed by atoms with van der Waals surface area (Å²) in [5, 5.41) is 10.3. The van der Waals surface area contributed by atoms with E-state index in [4.69, 9.17) is 0 Å². The lowest BCUT2D eigenvalue weighted by atomic mass is 9.94. The highest BCUT2D eigenvalue weighted by atomic mass is 32.1. The smallest absolute Gasteiger partial charge is 0.326 e. The number of carboxylic acids is 1. The van der Waals surface area contributed by atoms with Crippen LogP contribution in [0.5, 0.6) is 0 Å². The van der Waals surface area contributed by atoms with Crippen molar-refractivity contribution in [1.29, 1.82) is 0 Å². The number of carbonyl (C=O) groups is 1. The summed E-state index contributed by atoms with van der Waals surface area (Å²) in [6.45, 7) is 7.05. The van der Waals surface area contributed by atoms with E-state index in [2.05, 4.69) is 30.1 Å². The first kappa shape index (κ1) is 13.8. The summed E-state index contributed by atoms with van der Waals surface area (Å²) in [6.07, 6.45) is 3.34. The quantitative estimate of drug-likeness (QED) is 0.908. The van der Waals surface area contributed by atoms with Crippen molar-refractivity contribution in [2.45, 2.75) is 51.5 Å². The maximum atomic E-state index is 11.6. The van der Waals surface area contributed by atoms with Crippen LogP contribution in [0.3, 0.4) is 0 Å². The molecule has 2 heterocycles. The molecule has 1 aliphatic carbocycles. The van der Waals surface area contributed by atoms with Crippen LogP contribution in [0.1, 0.15) is 45.9 Å². The number of carboxylic acid groups (broad SMARTS) is 1. The Morgan fingerprint density at radius 3 is 2.75 bits per heavy atom. The van der Waals surface area contributed by atoms with Crippen molar-refractivity contribution in [1.82, 2.24) is 9.36 Å². The second-order valence-corrected chi connectivity index (χ2v) is 7.67. The van der Waals surface area contributed by atoms with E-state index in [0.29, 0.717) is 5.92 Å². The number of fused-ring (bicyclic) bond motifs is 1. The Kier molecular flexibility index (Phi) is 3.23. The van der Waals surface area contributed by atoms with E-state index in [1.807, 2.05) is 4.90 Å². The number of anilines is 1. The molecule has 2 fully saturated rings. The third-order valence-corrected chi connectivity index (χ3v) is 5.23. The van der Waals surface area contributed by atoms with Crippen molar-refractivity contribution in [3.8, 4) is 0 Å². The van der Waals surface area contributed by atoms with E-state index in [1.165, 1.54) is 11.5 Å². The molecule has 6 heteroatoms. The molecule has 5 nitrogen and oxygen atoms in total. The van der Waals surface area contributed by atoms with Crippen molar-refractivity contribution >= 4 is 22.6 Å². The minimum Gasteiger partial charge on any atom is -0.480 e. The van der Waals surface area contributed by atoms with Crippen molar-refractivity contribution in [2.24, 2.45) is 11.8 Å². The van der Waals surface area contributed by atoms with Crippen molar-refractivity contribution in [3.63, 3.8) is 0 Å². The molecule has 3 rings (SSSR count).